The maximum atomic E-state index is 8.77. The topological polar surface area (TPSA) is 39.1 Å². The van der Waals surface area contributed by atoms with E-state index in [1.54, 1.807) is 0 Å². The molecule has 1 fully saturated rings. The lowest BCUT2D eigenvalue weighted by Crippen LogP contribution is -2.42. The van der Waals surface area contributed by atoms with Gasteiger partial charge in [-0.2, -0.15) is 5.26 Å². The highest BCUT2D eigenvalue weighted by Gasteiger charge is 2.20. The van der Waals surface area contributed by atoms with E-state index in [1.165, 1.54) is 31.5 Å². The van der Waals surface area contributed by atoms with Crippen LogP contribution >= 0.6 is 0 Å². The molecule has 0 amide bonds. The molecule has 1 aliphatic heterocycles. The Balaban J connectivity index is 1.73. The van der Waals surface area contributed by atoms with Crippen molar-refractivity contribution in [3.05, 3.63) is 35.4 Å². The number of nitriles is 1. The molecule has 0 aromatic heterocycles. The molecule has 108 valence electrons. The Labute approximate surface area is 122 Å². The molecule has 1 aliphatic rings. The molecule has 1 aromatic carbocycles. The standard InChI is InChI=1S/C17H25N3/c1-14(2)20-9-3-4-17(13-20)12-19-11-16-7-5-15(10-18)6-8-16/h5-8,14,17,19H,3-4,9,11-13H2,1-2H3. The highest BCUT2D eigenvalue weighted by molar-refractivity contribution is 5.31. The zero-order chi connectivity index (χ0) is 14.4. The van der Waals surface area contributed by atoms with Crippen molar-refractivity contribution in [1.82, 2.24) is 10.2 Å². The Bertz CT molecular complexity index is 444. The Morgan fingerprint density at radius 2 is 2.10 bits per heavy atom. The second-order valence-corrected chi connectivity index (χ2v) is 6.04. The van der Waals surface area contributed by atoms with E-state index in [2.05, 4.69) is 30.1 Å². The summed E-state index contributed by atoms with van der Waals surface area (Å²) >= 11 is 0. The van der Waals surface area contributed by atoms with Gasteiger partial charge in [0, 0.05) is 19.1 Å². The van der Waals surface area contributed by atoms with E-state index >= 15 is 0 Å². The van der Waals surface area contributed by atoms with Crippen LogP contribution < -0.4 is 5.32 Å². The van der Waals surface area contributed by atoms with Gasteiger partial charge in [0.2, 0.25) is 0 Å². The van der Waals surface area contributed by atoms with E-state index in [4.69, 9.17) is 5.26 Å². The molecule has 0 radical (unpaired) electrons. The molecule has 1 N–H and O–H groups in total. The summed E-state index contributed by atoms with van der Waals surface area (Å²) < 4.78 is 0. The summed E-state index contributed by atoms with van der Waals surface area (Å²) in [5.74, 6) is 0.768. The molecule has 3 heteroatoms. The minimum absolute atomic E-state index is 0.663. The predicted molar refractivity (Wildman–Crippen MR) is 82.3 cm³/mol. The van der Waals surface area contributed by atoms with Crippen LogP contribution in [0.25, 0.3) is 0 Å². The first kappa shape index (κ1) is 15.0. The highest BCUT2D eigenvalue weighted by atomic mass is 15.2. The van der Waals surface area contributed by atoms with E-state index in [-0.39, 0.29) is 0 Å². The first-order valence-corrected chi connectivity index (χ1v) is 7.63. The lowest BCUT2D eigenvalue weighted by molar-refractivity contribution is 0.138. The van der Waals surface area contributed by atoms with E-state index < -0.39 is 0 Å². The van der Waals surface area contributed by atoms with E-state index in [9.17, 15) is 0 Å². The molecule has 0 aliphatic carbocycles. The molecule has 2 rings (SSSR count). The van der Waals surface area contributed by atoms with Gasteiger partial charge in [0.05, 0.1) is 11.6 Å². The first-order chi connectivity index (χ1) is 9.69. The summed E-state index contributed by atoms with van der Waals surface area (Å²) in [5, 5.41) is 12.3. The number of nitrogens with zero attached hydrogens (tertiary/aromatic N) is 2. The summed E-state index contributed by atoms with van der Waals surface area (Å²) in [7, 11) is 0. The summed E-state index contributed by atoms with van der Waals surface area (Å²) in [6, 6.07) is 10.7. The average Bonchev–Trinajstić information content (AvgIpc) is 2.48. The molecule has 1 aromatic rings. The molecule has 1 heterocycles. The summed E-state index contributed by atoms with van der Waals surface area (Å²) in [6.45, 7) is 9.02. The number of likely N-dealkylation sites (tertiary alicyclic amines) is 1. The third-order valence-corrected chi connectivity index (χ3v) is 4.13. The molecule has 0 spiro atoms. The summed E-state index contributed by atoms with van der Waals surface area (Å²) in [6.07, 6.45) is 2.66. The fraction of sp³-hybridized carbons (Fsp3) is 0.588. The number of piperidine rings is 1. The van der Waals surface area contributed by atoms with Crippen LogP contribution in [-0.4, -0.2) is 30.6 Å². The van der Waals surface area contributed by atoms with Crippen molar-refractivity contribution in [2.75, 3.05) is 19.6 Å². The minimum atomic E-state index is 0.663. The Morgan fingerprint density at radius 1 is 1.35 bits per heavy atom. The minimum Gasteiger partial charge on any atom is -0.312 e. The number of benzene rings is 1. The SMILES string of the molecule is CC(C)N1CCCC(CNCc2ccc(C#N)cc2)C1. The molecule has 1 saturated heterocycles. The van der Waals surface area contributed by atoms with Gasteiger partial charge in [-0.25, -0.2) is 0 Å². The number of nitrogens with one attached hydrogen (secondary N) is 1. The Kier molecular flexibility index (Phi) is 5.58. The van der Waals surface area contributed by atoms with Crippen LogP contribution in [0.5, 0.6) is 0 Å². The normalized spacial score (nSPS) is 20.0. The van der Waals surface area contributed by atoms with Crippen molar-refractivity contribution in [3.63, 3.8) is 0 Å². The van der Waals surface area contributed by atoms with Crippen LogP contribution in [0.4, 0.5) is 0 Å². The Morgan fingerprint density at radius 3 is 2.75 bits per heavy atom. The molecule has 0 saturated carbocycles. The van der Waals surface area contributed by atoms with Gasteiger partial charge < -0.3 is 10.2 Å². The second-order valence-electron chi connectivity index (χ2n) is 6.04. The maximum absolute atomic E-state index is 8.77. The highest BCUT2D eigenvalue weighted by Crippen LogP contribution is 2.17. The summed E-state index contributed by atoms with van der Waals surface area (Å²) in [4.78, 5) is 2.58. The monoisotopic (exact) mass is 271 g/mol. The van der Waals surface area contributed by atoms with E-state index in [0.29, 0.717) is 6.04 Å². The van der Waals surface area contributed by atoms with Gasteiger partial charge in [-0.1, -0.05) is 12.1 Å². The van der Waals surface area contributed by atoms with Crippen LogP contribution in [0.2, 0.25) is 0 Å². The van der Waals surface area contributed by atoms with Crippen molar-refractivity contribution in [2.24, 2.45) is 5.92 Å². The third kappa shape index (κ3) is 4.33. The number of hydrogen-bond acceptors (Lipinski definition) is 3. The van der Waals surface area contributed by atoms with Gasteiger partial charge in [-0.05, 0) is 63.4 Å². The number of rotatable bonds is 5. The lowest BCUT2D eigenvalue weighted by Gasteiger charge is -2.35. The average molecular weight is 271 g/mol. The van der Waals surface area contributed by atoms with Crippen molar-refractivity contribution < 1.29 is 0 Å². The lowest BCUT2D eigenvalue weighted by atomic mass is 9.97. The van der Waals surface area contributed by atoms with Gasteiger partial charge in [0.15, 0.2) is 0 Å². The van der Waals surface area contributed by atoms with Crippen LogP contribution in [-0.2, 0) is 6.54 Å². The van der Waals surface area contributed by atoms with Crippen molar-refractivity contribution in [3.8, 4) is 6.07 Å². The summed E-state index contributed by atoms with van der Waals surface area (Å²) in [5.41, 5.74) is 1.98. The van der Waals surface area contributed by atoms with Crippen molar-refractivity contribution in [1.29, 1.82) is 5.26 Å². The molecule has 1 atom stereocenters. The molecular formula is C17H25N3. The smallest absolute Gasteiger partial charge is 0.0991 e. The molecule has 20 heavy (non-hydrogen) atoms. The molecule has 1 unspecified atom stereocenters. The van der Waals surface area contributed by atoms with Crippen LogP contribution in [0.3, 0.4) is 0 Å². The number of hydrogen-bond donors (Lipinski definition) is 1. The third-order valence-electron chi connectivity index (χ3n) is 4.13. The zero-order valence-electron chi connectivity index (χ0n) is 12.6. The molecule has 0 bridgehead atoms. The van der Waals surface area contributed by atoms with Gasteiger partial charge in [-0.15, -0.1) is 0 Å². The van der Waals surface area contributed by atoms with Gasteiger partial charge in [0.25, 0.3) is 0 Å². The zero-order valence-corrected chi connectivity index (χ0v) is 12.6. The van der Waals surface area contributed by atoms with Crippen molar-refractivity contribution in [2.45, 2.75) is 39.3 Å². The second kappa shape index (κ2) is 7.42. The Hall–Kier alpha value is -1.37. The van der Waals surface area contributed by atoms with Gasteiger partial charge >= 0.3 is 0 Å². The van der Waals surface area contributed by atoms with E-state index in [1.807, 2.05) is 24.3 Å². The van der Waals surface area contributed by atoms with E-state index in [0.717, 1.165) is 24.6 Å². The molecular weight excluding hydrogens is 246 g/mol. The fourth-order valence-electron chi connectivity index (χ4n) is 2.85. The van der Waals surface area contributed by atoms with Gasteiger partial charge in [0.1, 0.15) is 0 Å². The fourth-order valence-corrected chi connectivity index (χ4v) is 2.85. The quantitative estimate of drug-likeness (QED) is 0.895. The van der Waals surface area contributed by atoms with Crippen molar-refractivity contribution >= 4 is 0 Å². The largest absolute Gasteiger partial charge is 0.312 e. The maximum Gasteiger partial charge on any atom is 0.0991 e. The molecule has 3 nitrogen and oxygen atoms in total. The van der Waals surface area contributed by atoms with Crippen LogP contribution in [0, 0.1) is 17.2 Å². The van der Waals surface area contributed by atoms with Crippen LogP contribution in [0.1, 0.15) is 37.8 Å². The predicted octanol–water partition coefficient (Wildman–Crippen LogP) is 2.77. The first-order valence-electron chi connectivity index (χ1n) is 7.63. The van der Waals surface area contributed by atoms with Gasteiger partial charge in [-0.3, -0.25) is 0 Å². The van der Waals surface area contributed by atoms with Crippen LogP contribution in [0.15, 0.2) is 24.3 Å².